The maximum absolute atomic E-state index is 12.1. The number of cyclic esters (lactones) is 1. The van der Waals surface area contributed by atoms with Crippen LogP contribution in [0.4, 0.5) is 16.6 Å². The van der Waals surface area contributed by atoms with Crippen LogP contribution in [-0.2, 0) is 4.74 Å². The van der Waals surface area contributed by atoms with Crippen molar-refractivity contribution < 1.29 is 11.0 Å². The van der Waals surface area contributed by atoms with Crippen molar-refractivity contribution in [2.75, 3.05) is 16.8 Å². The lowest BCUT2D eigenvalue weighted by Gasteiger charge is -2.24. The van der Waals surface area contributed by atoms with E-state index in [9.17, 15) is 4.79 Å². The van der Waals surface area contributed by atoms with Gasteiger partial charge in [0, 0.05) is 12.5 Å². The van der Waals surface area contributed by atoms with E-state index in [1.54, 1.807) is 28.5 Å². The molecular formula is C18H26N4O2S. The van der Waals surface area contributed by atoms with Gasteiger partial charge in [0.05, 0.1) is 12.1 Å². The third-order valence-electron chi connectivity index (χ3n) is 4.33. The van der Waals surface area contributed by atoms with Crippen molar-refractivity contribution in [1.82, 2.24) is 9.97 Å². The number of rotatable bonds is 7. The predicted octanol–water partition coefficient (Wildman–Crippen LogP) is 4.72. The average Bonchev–Trinajstić information content (AvgIpc) is 3.24. The highest BCUT2D eigenvalue weighted by Crippen LogP contribution is 2.29. The summed E-state index contributed by atoms with van der Waals surface area (Å²) in [4.78, 5) is 24.0. The highest BCUT2D eigenvalue weighted by atomic mass is 32.1. The molecule has 2 atom stereocenters. The molecule has 1 fully saturated rings. The second-order valence-electron chi connectivity index (χ2n) is 6.50. The molecule has 1 saturated heterocycles. The molecule has 7 heteroatoms. The van der Waals surface area contributed by atoms with Gasteiger partial charge in [-0.15, -0.1) is 11.3 Å². The number of carbonyl (C=O) groups is 1. The first kappa shape index (κ1) is 17.7. The Hall–Kier alpha value is -2.15. The molecule has 136 valence electrons. The van der Waals surface area contributed by atoms with E-state index in [1.807, 2.05) is 0 Å². The first-order valence-electron chi connectivity index (χ1n) is 8.69. The van der Waals surface area contributed by atoms with Crippen LogP contribution in [-0.4, -0.2) is 28.7 Å². The number of carbonyl (C=O) groups excluding carboxylic acids is 1. The lowest BCUT2D eigenvalue weighted by atomic mass is 10.0. The van der Waals surface area contributed by atoms with Crippen molar-refractivity contribution in [3.05, 3.63) is 34.7 Å². The van der Waals surface area contributed by atoms with Crippen LogP contribution < -0.4 is 10.2 Å². The average molecular weight is 362 g/mol. The quantitative estimate of drug-likeness (QED) is 0.772. The number of nitrogens with one attached hydrogen (secondary N) is 1. The standard InChI is InChI=1S/C18H24N4O2S.H2/c1-4-6-13(15-7-5-10-25-15)20-17-19-9-8-16(21-17)22-14(12(2)3)11-24-18(22)23;/h5,7-10,12-14H,4,6,11H2,1-3H3,(H,19,20,21);1H/t13?,14-;/m1./s1. The van der Waals surface area contributed by atoms with Crippen LogP contribution in [0.2, 0.25) is 0 Å². The smallest absolute Gasteiger partial charge is 0.415 e. The predicted molar refractivity (Wildman–Crippen MR) is 102 cm³/mol. The van der Waals surface area contributed by atoms with Crippen molar-refractivity contribution >= 4 is 29.2 Å². The molecule has 25 heavy (non-hydrogen) atoms. The SMILES string of the molecule is CCCC(Nc1nccc(N2C(=O)OC[C@@H]2C(C)C)n1)c1cccs1.[HH]. The summed E-state index contributed by atoms with van der Waals surface area (Å²) in [5.41, 5.74) is 0. The van der Waals surface area contributed by atoms with Crippen molar-refractivity contribution in [2.45, 2.75) is 45.7 Å². The largest absolute Gasteiger partial charge is 0.447 e. The number of hydrogen-bond acceptors (Lipinski definition) is 6. The van der Waals surface area contributed by atoms with E-state index in [-0.39, 0.29) is 25.5 Å². The second kappa shape index (κ2) is 7.82. The molecule has 2 aromatic heterocycles. The van der Waals surface area contributed by atoms with Crippen molar-refractivity contribution in [2.24, 2.45) is 5.92 Å². The van der Waals surface area contributed by atoms with Crippen LogP contribution in [0.25, 0.3) is 0 Å². The molecule has 1 amide bonds. The fourth-order valence-corrected chi connectivity index (χ4v) is 3.78. The van der Waals surface area contributed by atoms with Gasteiger partial charge in [0.1, 0.15) is 12.4 Å². The van der Waals surface area contributed by atoms with Crippen LogP contribution in [0.3, 0.4) is 0 Å². The van der Waals surface area contributed by atoms with E-state index in [1.165, 1.54) is 4.88 Å². The fraction of sp³-hybridized carbons (Fsp3) is 0.500. The van der Waals surface area contributed by atoms with E-state index in [4.69, 9.17) is 4.74 Å². The third-order valence-corrected chi connectivity index (χ3v) is 5.32. The maximum atomic E-state index is 12.1. The summed E-state index contributed by atoms with van der Waals surface area (Å²) in [6.45, 7) is 6.71. The number of nitrogens with zero attached hydrogens (tertiary/aromatic N) is 3. The van der Waals surface area contributed by atoms with E-state index in [0.29, 0.717) is 18.4 Å². The Morgan fingerprint density at radius 1 is 1.48 bits per heavy atom. The third kappa shape index (κ3) is 3.92. The van der Waals surface area contributed by atoms with E-state index < -0.39 is 0 Å². The Kier molecular flexibility index (Phi) is 5.53. The van der Waals surface area contributed by atoms with Crippen LogP contribution >= 0.6 is 11.3 Å². The minimum Gasteiger partial charge on any atom is -0.447 e. The van der Waals surface area contributed by atoms with Gasteiger partial charge in [-0.25, -0.2) is 9.78 Å². The Morgan fingerprint density at radius 2 is 2.32 bits per heavy atom. The first-order valence-corrected chi connectivity index (χ1v) is 9.57. The summed E-state index contributed by atoms with van der Waals surface area (Å²) in [7, 11) is 0. The summed E-state index contributed by atoms with van der Waals surface area (Å²) in [5.74, 6) is 1.41. The molecular weight excluding hydrogens is 336 g/mol. The monoisotopic (exact) mass is 362 g/mol. The molecule has 0 aliphatic carbocycles. The Morgan fingerprint density at radius 3 is 3.00 bits per heavy atom. The van der Waals surface area contributed by atoms with Gasteiger partial charge in [-0.3, -0.25) is 4.90 Å². The molecule has 1 aliphatic heterocycles. The van der Waals surface area contributed by atoms with Gasteiger partial charge >= 0.3 is 6.09 Å². The maximum Gasteiger partial charge on any atom is 0.415 e. The molecule has 0 saturated carbocycles. The van der Waals surface area contributed by atoms with Gasteiger partial charge in [-0.05, 0) is 29.9 Å². The lowest BCUT2D eigenvalue weighted by molar-refractivity contribution is 0.177. The molecule has 2 aromatic rings. The lowest BCUT2D eigenvalue weighted by Crippen LogP contribution is -2.37. The van der Waals surface area contributed by atoms with Crippen LogP contribution in [0, 0.1) is 5.92 Å². The van der Waals surface area contributed by atoms with Gasteiger partial charge in [0.2, 0.25) is 5.95 Å². The van der Waals surface area contributed by atoms with Crippen molar-refractivity contribution in [3.63, 3.8) is 0 Å². The molecule has 0 aromatic carbocycles. The molecule has 6 nitrogen and oxygen atoms in total. The molecule has 3 heterocycles. The number of thiophene rings is 1. The summed E-state index contributed by atoms with van der Waals surface area (Å²) in [6.07, 6.45) is 3.40. The highest BCUT2D eigenvalue weighted by Gasteiger charge is 2.37. The molecule has 1 unspecified atom stereocenters. The first-order chi connectivity index (χ1) is 12.1. The minimum atomic E-state index is -0.341. The number of amides is 1. The zero-order valence-electron chi connectivity index (χ0n) is 14.8. The van der Waals surface area contributed by atoms with Gasteiger partial charge in [-0.1, -0.05) is 33.3 Å². The summed E-state index contributed by atoms with van der Waals surface area (Å²) in [6, 6.07) is 6.10. The van der Waals surface area contributed by atoms with Crippen LogP contribution in [0.15, 0.2) is 29.8 Å². The number of hydrogen-bond donors (Lipinski definition) is 1. The topological polar surface area (TPSA) is 67.4 Å². The van der Waals surface area contributed by atoms with Crippen molar-refractivity contribution in [1.29, 1.82) is 0 Å². The number of ether oxygens (including phenoxy) is 1. The summed E-state index contributed by atoms with van der Waals surface area (Å²) in [5, 5.41) is 5.49. The molecule has 0 spiro atoms. The summed E-state index contributed by atoms with van der Waals surface area (Å²) >= 11 is 1.72. The normalized spacial score (nSPS) is 18.5. The van der Waals surface area contributed by atoms with Crippen LogP contribution in [0.1, 0.15) is 46.0 Å². The van der Waals surface area contributed by atoms with E-state index >= 15 is 0 Å². The zero-order chi connectivity index (χ0) is 17.8. The number of aromatic nitrogens is 2. The second-order valence-corrected chi connectivity index (χ2v) is 7.48. The molecule has 0 radical (unpaired) electrons. The molecule has 1 aliphatic rings. The molecule has 0 bridgehead atoms. The Labute approximate surface area is 153 Å². The Bertz CT molecular complexity index is 711. The zero-order valence-corrected chi connectivity index (χ0v) is 15.6. The van der Waals surface area contributed by atoms with E-state index in [2.05, 4.69) is 53.6 Å². The fourth-order valence-electron chi connectivity index (χ4n) is 2.96. The van der Waals surface area contributed by atoms with E-state index in [0.717, 1.165) is 12.8 Å². The van der Waals surface area contributed by atoms with Crippen LogP contribution in [0.5, 0.6) is 0 Å². The van der Waals surface area contributed by atoms with Gasteiger partial charge < -0.3 is 10.1 Å². The van der Waals surface area contributed by atoms with Gasteiger partial charge in [0.15, 0.2) is 0 Å². The summed E-state index contributed by atoms with van der Waals surface area (Å²) < 4.78 is 5.22. The van der Waals surface area contributed by atoms with Crippen molar-refractivity contribution in [3.8, 4) is 0 Å². The van der Waals surface area contributed by atoms with Gasteiger partial charge in [0.25, 0.3) is 0 Å². The Balaban J connectivity index is 0.00000243. The van der Waals surface area contributed by atoms with Gasteiger partial charge in [-0.2, -0.15) is 4.98 Å². The molecule has 3 rings (SSSR count). The highest BCUT2D eigenvalue weighted by molar-refractivity contribution is 7.10. The molecule has 1 N–H and O–H groups in total. The number of anilines is 2. The minimum absolute atomic E-state index is 0.